The molecule has 0 aliphatic heterocycles. The molecule has 0 saturated carbocycles. The van der Waals surface area contributed by atoms with Crippen LogP contribution < -0.4 is 5.73 Å². The zero-order valence-corrected chi connectivity index (χ0v) is 8.96. The van der Waals surface area contributed by atoms with Crippen LogP contribution in [-0.2, 0) is 6.54 Å². The van der Waals surface area contributed by atoms with E-state index < -0.39 is 11.6 Å². The second kappa shape index (κ2) is 4.94. The quantitative estimate of drug-likeness (QED) is 0.626. The van der Waals surface area contributed by atoms with Crippen molar-refractivity contribution in [2.45, 2.75) is 6.54 Å². The fraction of sp³-hybridized carbons (Fsp3) is 0.143. The van der Waals surface area contributed by atoms with Crippen LogP contribution in [0.3, 0.4) is 0 Å². The van der Waals surface area contributed by atoms with E-state index in [0.29, 0.717) is 3.57 Å². The lowest BCUT2D eigenvalue weighted by Crippen LogP contribution is -2.02. The Morgan fingerprint density at radius 1 is 1.33 bits per heavy atom. The fourth-order valence-electron chi connectivity index (χ4n) is 0.758. The highest BCUT2D eigenvalue weighted by Crippen LogP contribution is 2.15. The maximum absolute atomic E-state index is 12.7. The third-order valence-electron chi connectivity index (χ3n) is 1.29. The Bertz CT molecular complexity index is 280. The van der Waals surface area contributed by atoms with Crippen LogP contribution in [0.5, 0.6) is 0 Å². The minimum Gasteiger partial charge on any atom is -0.326 e. The third kappa shape index (κ3) is 2.53. The zero-order chi connectivity index (χ0) is 8.43. The molecule has 0 aliphatic carbocycles. The van der Waals surface area contributed by atoms with Crippen molar-refractivity contribution < 1.29 is 8.78 Å². The summed E-state index contributed by atoms with van der Waals surface area (Å²) < 4.78 is 26.0. The molecule has 1 nitrogen and oxygen atoms in total. The van der Waals surface area contributed by atoms with Crippen LogP contribution in [0.25, 0.3) is 0 Å². The predicted molar refractivity (Wildman–Crippen MR) is 54.2 cm³/mol. The SMILES string of the molecule is Cl.NCc1cc(I)cc(F)c1F. The summed E-state index contributed by atoms with van der Waals surface area (Å²) in [6.07, 6.45) is 0. The molecule has 68 valence electrons. The number of halogens is 4. The van der Waals surface area contributed by atoms with Crippen molar-refractivity contribution in [2.24, 2.45) is 5.73 Å². The Labute approximate surface area is 88.9 Å². The lowest BCUT2D eigenvalue weighted by atomic mass is 10.2. The normalized spacial score (nSPS) is 9.33. The minimum atomic E-state index is -0.840. The van der Waals surface area contributed by atoms with Gasteiger partial charge in [0.1, 0.15) is 0 Å². The van der Waals surface area contributed by atoms with E-state index in [2.05, 4.69) is 0 Å². The zero-order valence-electron chi connectivity index (χ0n) is 5.98. The van der Waals surface area contributed by atoms with Crippen molar-refractivity contribution in [1.82, 2.24) is 0 Å². The smallest absolute Gasteiger partial charge is 0.163 e. The summed E-state index contributed by atoms with van der Waals surface area (Å²) in [6, 6.07) is 2.66. The van der Waals surface area contributed by atoms with Crippen LogP contribution in [0.2, 0.25) is 0 Å². The highest BCUT2D eigenvalue weighted by atomic mass is 127. The van der Waals surface area contributed by atoms with Crippen molar-refractivity contribution in [3.05, 3.63) is 32.9 Å². The lowest BCUT2D eigenvalue weighted by molar-refractivity contribution is 0.498. The lowest BCUT2D eigenvalue weighted by Gasteiger charge is -2.00. The standard InChI is InChI=1S/C7H6F2IN.ClH/c8-6-2-5(10)1-4(3-11)7(6)9;/h1-2H,3,11H2;1H. The molecule has 12 heavy (non-hydrogen) atoms. The molecule has 0 heterocycles. The number of hydrogen-bond acceptors (Lipinski definition) is 1. The highest BCUT2D eigenvalue weighted by molar-refractivity contribution is 14.1. The topological polar surface area (TPSA) is 26.0 Å². The predicted octanol–water partition coefficient (Wildman–Crippen LogP) is 2.45. The highest BCUT2D eigenvalue weighted by Gasteiger charge is 2.07. The molecule has 0 unspecified atom stereocenters. The van der Waals surface area contributed by atoms with Crippen molar-refractivity contribution in [2.75, 3.05) is 0 Å². The van der Waals surface area contributed by atoms with Gasteiger partial charge < -0.3 is 5.73 Å². The van der Waals surface area contributed by atoms with Gasteiger partial charge in [-0.3, -0.25) is 0 Å². The van der Waals surface area contributed by atoms with Gasteiger partial charge >= 0.3 is 0 Å². The Hall–Kier alpha value is 0.0600. The molecule has 0 amide bonds. The maximum atomic E-state index is 12.7. The first-order valence-electron chi connectivity index (χ1n) is 2.98. The van der Waals surface area contributed by atoms with Crippen molar-refractivity contribution >= 4 is 35.0 Å². The van der Waals surface area contributed by atoms with Crippen molar-refractivity contribution in [3.8, 4) is 0 Å². The third-order valence-corrected chi connectivity index (χ3v) is 1.91. The first-order valence-corrected chi connectivity index (χ1v) is 4.06. The summed E-state index contributed by atoms with van der Waals surface area (Å²) in [7, 11) is 0. The van der Waals surface area contributed by atoms with Gasteiger partial charge in [0.05, 0.1) is 0 Å². The van der Waals surface area contributed by atoms with Gasteiger partial charge in [0.25, 0.3) is 0 Å². The van der Waals surface area contributed by atoms with E-state index in [1.54, 1.807) is 0 Å². The van der Waals surface area contributed by atoms with E-state index >= 15 is 0 Å². The number of rotatable bonds is 1. The molecule has 0 radical (unpaired) electrons. The Kier molecular flexibility index (Phi) is 4.96. The Balaban J connectivity index is 0.00000121. The molecule has 2 N–H and O–H groups in total. The van der Waals surface area contributed by atoms with Gasteiger partial charge in [-0.25, -0.2) is 8.78 Å². The number of benzene rings is 1. The molecular formula is C7H7ClF2IN. The minimum absolute atomic E-state index is 0. The van der Waals surface area contributed by atoms with Gasteiger partial charge in [0.15, 0.2) is 11.6 Å². The summed E-state index contributed by atoms with van der Waals surface area (Å²) in [6.45, 7) is 0.0274. The molecule has 0 atom stereocenters. The van der Waals surface area contributed by atoms with E-state index in [-0.39, 0.29) is 24.5 Å². The first kappa shape index (κ1) is 12.1. The van der Waals surface area contributed by atoms with E-state index in [0.717, 1.165) is 6.07 Å². The van der Waals surface area contributed by atoms with E-state index in [1.165, 1.54) is 6.07 Å². The Morgan fingerprint density at radius 2 is 1.92 bits per heavy atom. The van der Waals surface area contributed by atoms with Crippen molar-refractivity contribution in [1.29, 1.82) is 0 Å². The van der Waals surface area contributed by atoms with Crippen LogP contribution in [0.4, 0.5) is 8.78 Å². The maximum Gasteiger partial charge on any atom is 0.163 e. The van der Waals surface area contributed by atoms with Gasteiger partial charge in [-0.15, -0.1) is 12.4 Å². The number of nitrogens with two attached hydrogens (primary N) is 1. The fourth-order valence-corrected chi connectivity index (χ4v) is 1.41. The van der Waals surface area contributed by atoms with Crippen molar-refractivity contribution in [3.63, 3.8) is 0 Å². The summed E-state index contributed by atoms with van der Waals surface area (Å²) in [5.41, 5.74) is 5.40. The van der Waals surface area contributed by atoms with Gasteiger partial charge in [-0.2, -0.15) is 0 Å². The molecule has 1 rings (SSSR count). The van der Waals surface area contributed by atoms with Gasteiger partial charge in [-0.05, 0) is 34.7 Å². The molecule has 0 aromatic heterocycles. The molecule has 0 bridgehead atoms. The monoisotopic (exact) mass is 305 g/mol. The summed E-state index contributed by atoms with van der Waals surface area (Å²) >= 11 is 1.91. The summed E-state index contributed by atoms with van der Waals surface area (Å²) in [5, 5.41) is 0. The van der Waals surface area contributed by atoms with E-state index in [4.69, 9.17) is 5.73 Å². The van der Waals surface area contributed by atoms with E-state index in [1.807, 2.05) is 22.6 Å². The van der Waals surface area contributed by atoms with Crippen LogP contribution in [-0.4, -0.2) is 0 Å². The molecule has 0 saturated heterocycles. The molecule has 5 heteroatoms. The average molecular weight is 305 g/mol. The molecule has 0 aliphatic rings. The molecular weight excluding hydrogens is 298 g/mol. The van der Waals surface area contributed by atoms with Crippen LogP contribution >= 0.6 is 35.0 Å². The van der Waals surface area contributed by atoms with E-state index in [9.17, 15) is 8.78 Å². The first-order chi connectivity index (χ1) is 5.15. The van der Waals surface area contributed by atoms with Gasteiger partial charge in [0.2, 0.25) is 0 Å². The van der Waals surface area contributed by atoms with Crippen LogP contribution in [0.1, 0.15) is 5.56 Å². The average Bonchev–Trinajstić information content (AvgIpc) is 1.96. The summed E-state index contributed by atoms with van der Waals surface area (Å²) in [4.78, 5) is 0. The largest absolute Gasteiger partial charge is 0.326 e. The molecule has 1 aromatic rings. The second-order valence-corrected chi connectivity index (χ2v) is 3.31. The number of hydrogen-bond donors (Lipinski definition) is 1. The second-order valence-electron chi connectivity index (χ2n) is 2.06. The molecule has 0 spiro atoms. The van der Waals surface area contributed by atoms with Crippen LogP contribution in [0, 0.1) is 15.2 Å². The molecule has 1 aromatic carbocycles. The molecule has 0 fully saturated rings. The van der Waals surface area contributed by atoms with Crippen LogP contribution in [0.15, 0.2) is 12.1 Å². The van der Waals surface area contributed by atoms with Gasteiger partial charge in [-0.1, -0.05) is 0 Å². The summed E-state index contributed by atoms with van der Waals surface area (Å²) in [5.74, 6) is -1.68. The Morgan fingerprint density at radius 3 is 2.42 bits per heavy atom. The van der Waals surface area contributed by atoms with Gasteiger partial charge in [0, 0.05) is 15.7 Å².